The van der Waals surface area contributed by atoms with E-state index in [-0.39, 0.29) is 29.6 Å². The standard InChI is InChI=1S/C24H27FN2O2/c1-17(2)27(15-20-11-7-8-12-22(20)25)16-21-13-14-23(29-21)24(28)26-18(3)19-9-5-4-6-10-19/h4-14,17-18H,15-16H2,1-3H3,(H,26,28). The molecular weight excluding hydrogens is 367 g/mol. The topological polar surface area (TPSA) is 45.5 Å². The van der Waals surface area contributed by atoms with Crippen LogP contribution in [-0.2, 0) is 13.1 Å². The molecule has 0 fully saturated rings. The molecule has 1 N–H and O–H groups in total. The molecule has 0 spiro atoms. The molecule has 0 saturated heterocycles. The Morgan fingerprint density at radius 1 is 0.966 bits per heavy atom. The number of amides is 1. The number of hydrogen-bond acceptors (Lipinski definition) is 3. The van der Waals surface area contributed by atoms with E-state index >= 15 is 0 Å². The highest BCUT2D eigenvalue weighted by molar-refractivity contribution is 5.91. The Labute approximate surface area is 171 Å². The largest absolute Gasteiger partial charge is 0.455 e. The number of nitrogens with one attached hydrogen (secondary N) is 1. The zero-order chi connectivity index (χ0) is 20.8. The second kappa shape index (κ2) is 9.52. The van der Waals surface area contributed by atoms with E-state index in [4.69, 9.17) is 4.42 Å². The predicted molar refractivity (Wildman–Crippen MR) is 112 cm³/mol. The fourth-order valence-corrected chi connectivity index (χ4v) is 3.14. The maximum Gasteiger partial charge on any atom is 0.287 e. The van der Waals surface area contributed by atoms with Gasteiger partial charge in [-0.2, -0.15) is 0 Å². The average Bonchev–Trinajstić information content (AvgIpc) is 3.18. The zero-order valence-electron chi connectivity index (χ0n) is 17.1. The van der Waals surface area contributed by atoms with E-state index in [1.165, 1.54) is 6.07 Å². The summed E-state index contributed by atoms with van der Waals surface area (Å²) in [5, 5.41) is 2.95. The van der Waals surface area contributed by atoms with Crippen LogP contribution in [0.1, 0.15) is 54.3 Å². The number of nitrogens with zero attached hydrogens (tertiary/aromatic N) is 1. The minimum absolute atomic E-state index is 0.120. The summed E-state index contributed by atoms with van der Waals surface area (Å²) >= 11 is 0. The molecule has 3 aromatic rings. The lowest BCUT2D eigenvalue weighted by molar-refractivity contribution is 0.0906. The Kier molecular flexibility index (Phi) is 6.83. The molecule has 2 aromatic carbocycles. The number of benzene rings is 2. The number of hydrogen-bond donors (Lipinski definition) is 1. The van der Waals surface area contributed by atoms with Crippen molar-refractivity contribution in [2.75, 3.05) is 0 Å². The summed E-state index contributed by atoms with van der Waals surface area (Å²) in [6.45, 7) is 7.01. The minimum atomic E-state index is -0.252. The smallest absolute Gasteiger partial charge is 0.287 e. The van der Waals surface area contributed by atoms with Crippen molar-refractivity contribution >= 4 is 5.91 Å². The van der Waals surface area contributed by atoms with Gasteiger partial charge in [0.05, 0.1) is 12.6 Å². The predicted octanol–water partition coefficient (Wildman–Crippen LogP) is 5.32. The van der Waals surface area contributed by atoms with Crippen molar-refractivity contribution in [2.45, 2.75) is 45.9 Å². The van der Waals surface area contributed by atoms with Gasteiger partial charge in [-0.05, 0) is 44.5 Å². The van der Waals surface area contributed by atoms with E-state index in [9.17, 15) is 9.18 Å². The minimum Gasteiger partial charge on any atom is -0.455 e. The number of rotatable bonds is 8. The van der Waals surface area contributed by atoms with Crippen LogP contribution in [0, 0.1) is 5.82 Å². The molecule has 1 atom stereocenters. The van der Waals surface area contributed by atoms with Gasteiger partial charge < -0.3 is 9.73 Å². The summed E-state index contributed by atoms with van der Waals surface area (Å²) in [6.07, 6.45) is 0. The monoisotopic (exact) mass is 394 g/mol. The quantitative estimate of drug-likeness (QED) is 0.562. The van der Waals surface area contributed by atoms with Gasteiger partial charge in [-0.1, -0.05) is 48.5 Å². The van der Waals surface area contributed by atoms with Crippen LogP contribution in [-0.4, -0.2) is 16.8 Å². The van der Waals surface area contributed by atoms with Crippen LogP contribution in [0.5, 0.6) is 0 Å². The zero-order valence-corrected chi connectivity index (χ0v) is 17.1. The highest BCUT2D eigenvalue weighted by Gasteiger charge is 2.18. The maximum atomic E-state index is 14.0. The summed E-state index contributed by atoms with van der Waals surface area (Å²) < 4.78 is 19.8. The van der Waals surface area contributed by atoms with Crippen LogP contribution in [0.2, 0.25) is 0 Å². The van der Waals surface area contributed by atoms with Gasteiger partial charge >= 0.3 is 0 Å². The van der Waals surface area contributed by atoms with Gasteiger partial charge in [0.1, 0.15) is 11.6 Å². The van der Waals surface area contributed by atoms with Gasteiger partial charge in [0.25, 0.3) is 5.91 Å². The second-order valence-corrected chi connectivity index (χ2v) is 7.46. The highest BCUT2D eigenvalue weighted by Crippen LogP contribution is 2.18. The first kappa shape index (κ1) is 20.8. The van der Waals surface area contributed by atoms with Crippen molar-refractivity contribution < 1.29 is 13.6 Å². The summed E-state index contributed by atoms with van der Waals surface area (Å²) in [4.78, 5) is 14.6. The summed E-state index contributed by atoms with van der Waals surface area (Å²) in [5.41, 5.74) is 1.67. The molecule has 1 unspecified atom stereocenters. The molecule has 0 aliphatic carbocycles. The Balaban J connectivity index is 1.65. The first-order chi connectivity index (χ1) is 13.9. The molecule has 152 valence electrons. The molecule has 0 radical (unpaired) electrons. The van der Waals surface area contributed by atoms with Gasteiger partial charge in [-0.25, -0.2) is 4.39 Å². The molecule has 29 heavy (non-hydrogen) atoms. The number of carbonyl (C=O) groups excluding carboxylic acids is 1. The number of furan rings is 1. The van der Waals surface area contributed by atoms with Crippen LogP contribution in [0.3, 0.4) is 0 Å². The summed E-state index contributed by atoms with van der Waals surface area (Å²) in [6, 6.07) is 20.1. The van der Waals surface area contributed by atoms with E-state index in [1.807, 2.05) is 43.3 Å². The lowest BCUT2D eigenvalue weighted by Gasteiger charge is -2.25. The normalized spacial score (nSPS) is 12.3. The van der Waals surface area contributed by atoms with Crippen LogP contribution < -0.4 is 5.32 Å². The SMILES string of the molecule is CC(NC(=O)c1ccc(CN(Cc2ccccc2F)C(C)C)o1)c1ccccc1. The van der Waals surface area contributed by atoms with Gasteiger partial charge in [-0.3, -0.25) is 9.69 Å². The second-order valence-electron chi connectivity index (χ2n) is 7.46. The molecule has 4 nitrogen and oxygen atoms in total. The molecule has 0 aliphatic heterocycles. The van der Waals surface area contributed by atoms with E-state index < -0.39 is 0 Å². The molecule has 3 rings (SSSR count). The Hall–Kier alpha value is -2.92. The molecule has 1 amide bonds. The average molecular weight is 394 g/mol. The van der Waals surface area contributed by atoms with Crippen LogP contribution >= 0.6 is 0 Å². The molecular formula is C24H27FN2O2. The van der Waals surface area contributed by atoms with E-state index in [1.54, 1.807) is 24.3 Å². The van der Waals surface area contributed by atoms with Crippen LogP contribution in [0.15, 0.2) is 71.1 Å². The third-order valence-electron chi connectivity index (χ3n) is 4.95. The van der Waals surface area contributed by atoms with Crippen molar-refractivity contribution in [3.63, 3.8) is 0 Å². The third kappa shape index (κ3) is 5.55. The van der Waals surface area contributed by atoms with E-state index in [0.717, 1.165) is 5.56 Å². The Morgan fingerprint density at radius 3 is 2.34 bits per heavy atom. The summed E-state index contributed by atoms with van der Waals surface area (Å²) in [5.74, 6) is 0.482. The van der Waals surface area contributed by atoms with Crippen LogP contribution in [0.4, 0.5) is 4.39 Å². The van der Waals surface area contributed by atoms with E-state index in [2.05, 4.69) is 24.1 Å². The Bertz CT molecular complexity index is 937. The first-order valence-electron chi connectivity index (χ1n) is 9.86. The van der Waals surface area contributed by atoms with Gasteiger partial charge in [0.2, 0.25) is 0 Å². The molecule has 1 heterocycles. The molecule has 0 bridgehead atoms. The van der Waals surface area contributed by atoms with Crippen molar-refractivity contribution in [1.29, 1.82) is 0 Å². The van der Waals surface area contributed by atoms with Crippen molar-refractivity contribution in [1.82, 2.24) is 10.2 Å². The van der Waals surface area contributed by atoms with Crippen molar-refractivity contribution in [3.05, 3.63) is 95.2 Å². The lowest BCUT2D eigenvalue weighted by Crippen LogP contribution is -2.30. The van der Waals surface area contributed by atoms with Gasteiger partial charge in [0, 0.05) is 18.2 Å². The first-order valence-corrected chi connectivity index (χ1v) is 9.86. The van der Waals surface area contributed by atoms with E-state index in [0.29, 0.717) is 24.4 Å². The molecule has 5 heteroatoms. The lowest BCUT2D eigenvalue weighted by atomic mass is 10.1. The molecule has 1 aromatic heterocycles. The fraction of sp³-hybridized carbons (Fsp3) is 0.292. The molecule has 0 saturated carbocycles. The third-order valence-corrected chi connectivity index (χ3v) is 4.95. The molecule has 0 aliphatic rings. The number of carbonyl (C=O) groups is 1. The summed E-state index contributed by atoms with van der Waals surface area (Å²) in [7, 11) is 0. The van der Waals surface area contributed by atoms with Gasteiger partial charge in [-0.15, -0.1) is 0 Å². The Morgan fingerprint density at radius 2 is 1.66 bits per heavy atom. The van der Waals surface area contributed by atoms with Crippen molar-refractivity contribution in [2.24, 2.45) is 0 Å². The fourth-order valence-electron chi connectivity index (χ4n) is 3.14. The van der Waals surface area contributed by atoms with Crippen molar-refractivity contribution in [3.8, 4) is 0 Å². The van der Waals surface area contributed by atoms with Crippen LogP contribution in [0.25, 0.3) is 0 Å². The highest BCUT2D eigenvalue weighted by atomic mass is 19.1. The van der Waals surface area contributed by atoms with Gasteiger partial charge in [0.15, 0.2) is 5.76 Å². The maximum absolute atomic E-state index is 14.0. The number of halogens is 1.